The van der Waals surface area contributed by atoms with Crippen molar-refractivity contribution in [3.05, 3.63) is 0 Å². The van der Waals surface area contributed by atoms with Crippen molar-refractivity contribution in [1.29, 1.82) is 0 Å². The first kappa shape index (κ1) is 12.3. The van der Waals surface area contributed by atoms with E-state index in [4.69, 9.17) is 5.11 Å². The van der Waals surface area contributed by atoms with Crippen molar-refractivity contribution in [3.63, 3.8) is 0 Å². The van der Waals surface area contributed by atoms with Crippen molar-refractivity contribution < 1.29 is 5.11 Å². The quantitative estimate of drug-likeness (QED) is 0.637. The molecule has 0 amide bonds. The van der Waals surface area contributed by atoms with Crippen molar-refractivity contribution >= 4 is 11.8 Å². The number of rotatable bonds is 7. The highest BCUT2D eigenvalue weighted by atomic mass is 32.2. The summed E-state index contributed by atoms with van der Waals surface area (Å²) in [4.78, 5) is 0. The summed E-state index contributed by atoms with van der Waals surface area (Å²) in [7, 11) is 0. The van der Waals surface area contributed by atoms with Crippen LogP contribution in [0.3, 0.4) is 0 Å². The molecule has 1 aliphatic rings. The van der Waals surface area contributed by atoms with Crippen LogP contribution in [0, 0.1) is 11.8 Å². The van der Waals surface area contributed by atoms with Crippen LogP contribution in [0.5, 0.6) is 0 Å². The average molecular weight is 217 g/mol. The van der Waals surface area contributed by atoms with Crippen molar-refractivity contribution in [2.45, 2.75) is 26.2 Å². The number of hydrogen-bond acceptors (Lipinski definition) is 3. The van der Waals surface area contributed by atoms with Crippen LogP contribution in [-0.4, -0.2) is 36.3 Å². The summed E-state index contributed by atoms with van der Waals surface area (Å²) >= 11 is 1.99. The second-order valence-corrected chi connectivity index (χ2v) is 5.43. The molecule has 0 saturated heterocycles. The predicted molar refractivity (Wildman–Crippen MR) is 63.8 cm³/mol. The summed E-state index contributed by atoms with van der Waals surface area (Å²) < 4.78 is 0. The highest BCUT2D eigenvalue weighted by molar-refractivity contribution is 7.99. The molecular weight excluding hydrogens is 194 g/mol. The zero-order chi connectivity index (χ0) is 10.2. The lowest BCUT2D eigenvalue weighted by Gasteiger charge is -2.17. The lowest BCUT2D eigenvalue weighted by atomic mass is 9.97. The van der Waals surface area contributed by atoms with Crippen molar-refractivity contribution in [3.8, 4) is 0 Å². The van der Waals surface area contributed by atoms with E-state index in [1.54, 1.807) is 0 Å². The van der Waals surface area contributed by atoms with E-state index in [2.05, 4.69) is 12.2 Å². The Morgan fingerprint density at radius 2 is 2.14 bits per heavy atom. The van der Waals surface area contributed by atoms with Gasteiger partial charge in [0.15, 0.2) is 0 Å². The van der Waals surface area contributed by atoms with E-state index in [1.807, 2.05) is 11.8 Å². The minimum absolute atomic E-state index is 0.385. The molecule has 1 saturated carbocycles. The Morgan fingerprint density at radius 1 is 1.36 bits per heavy atom. The fraction of sp³-hybridized carbons (Fsp3) is 1.00. The standard InChI is InChI=1S/C11H23NOS/c1-2-14-7-6-12-8-10-4-3-5-11(10)9-13/h10-13H,2-9H2,1H3. The molecule has 3 heteroatoms. The van der Waals surface area contributed by atoms with Gasteiger partial charge >= 0.3 is 0 Å². The molecule has 0 aliphatic heterocycles. The molecule has 1 rings (SSSR count). The van der Waals surface area contributed by atoms with Crippen LogP contribution in [0.15, 0.2) is 0 Å². The van der Waals surface area contributed by atoms with E-state index in [-0.39, 0.29) is 0 Å². The van der Waals surface area contributed by atoms with Crippen molar-refractivity contribution in [2.75, 3.05) is 31.2 Å². The monoisotopic (exact) mass is 217 g/mol. The molecule has 0 spiro atoms. The van der Waals surface area contributed by atoms with Gasteiger partial charge in [0.1, 0.15) is 0 Å². The molecule has 2 unspecified atom stereocenters. The van der Waals surface area contributed by atoms with Crippen LogP contribution >= 0.6 is 11.8 Å². The first-order valence-electron chi connectivity index (χ1n) is 5.77. The summed E-state index contributed by atoms with van der Waals surface area (Å²) in [6, 6.07) is 0. The van der Waals surface area contributed by atoms with Gasteiger partial charge in [-0.15, -0.1) is 0 Å². The van der Waals surface area contributed by atoms with Crippen LogP contribution in [-0.2, 0) is 0 Å². The highest BCUT2D eigenvalue weighted by Gasteiger charge is 2.25. The first-order chi connectivity index (χ1) is 6.88. The Labute approximate surface area is 91.9 Å². The largest absolute Gasteiger partial charge is 0.396 e. The third kappa shape index (κ3) is 4.20. The Hall–Kier alpha value is 0.270. The maximum Gasteiger partial charge on any atom is 0.0462 e. The molecule has 2 nitrogen and oxygen atoms in total. The molecule has 0 aromatic carbocycles. The molecule has 2 N–H and O–H groups in total. The normalized spacial score (nSPS) is 27.0. The maximum absolute atomic E-state index is 9.15. The molecular formula is C11H23NOS. The molecule has 2 atom stereocenters. The van der Waals surface area contributed by atoms with E-state index in [0.717, 1.165) is 19.0 Å². The number of hydrogen-bond donors (Lipinski definition) is 2. The van der Waals surface area contributed by atoms with Gasteiger partial charge in [0.05, 0.1) is 0 Å². The molecule has 1 fully saturated rings. The van der Waals surface area contributed by atoms with Gasteiger partial charge in [-0.05, 0) is 37.0 Å². The molecule has 84 valence electrons. The molecule has 0 aromatic rings. The Morgan fingerprint density at radius 3 is 2.86 bits per heavy atom. The fourth-order valence-electron chi connectivity index (χ4n) is 2.20. The molecule has 0 aromatic heterocycles. The van der Waals surface area contributed by atoms with Crippen LogP contribution < -0.4 is 5.32 Å². The van der Waals surface area contributed by atoms with Gasteiger partial charge in [0.25, 0.3) is 0 Å². The van der Waals surface area contributed by atoms with E-state index >= 15 is 0 Å². The van der Waals surface area contributed by atoms with Gasteiger partial charge < -0.3 is 10.4 Å². The Bertz CT molecular complexity index is 143. The third-order valence-electron chi connectivity index (χ3n) is 3.08. The van der Waals surface area contributed by atoms with Crippen LogP contribution in [0.2, 0.25) is 0 Å². The molecule has 0 radical (unpaired) electrons. The highest BCUT2D eigenvalue weighted by Crippen LogP contribution is 2.30. The average Bonchev–Trinajstić information content (AvgIpc) is 2.65. The van der Waals surface area contributed by atoms with Gasteiger partial charge in [-0.1, -0.05) is 13.3 Å². The maximum atomic E-state index is 9.15. The van der Waals surface area contributed by atoms with Crippen molar-refractivity contribution in [1.82, 2.24) is 5.32 Å². The minimum atomic E-state index is 0.385. The minimum Gasteiger partial charge on any atom is -0.396 e. The summed E-state index contributed by atoms with van der Waals surface area (Å²) in [5.41, 5.74) is 0. The smallest absolute Gasteiger partial charge is 0.0462 e. The number of thioether (sulfide) groups is 1. The van der Waals surface area contributed by atoms with Gasteiger partial charge in [-0.3, -0.25) is 0 Å². The Kier molecular flexibility index (Phi) is 6.65. The van der Waals surface area contributed by atoms with Crippen LogP contribution in [0.4, 0.5) is 0 Å². The second kappa shape index (κ2) is 7.55. The zero-order valence-electron chi connectivity index (χ0n) is 9.17. The number of nitrogens with one attached hydrogen (secondary N) is 1. The predicted octanol–water partition coefficient (Wildman–Crippen LogP) is 1.74. The van der Waals surface area contributed by atoms with Gasteiger partial charge in [0, 0.05) is 18.9 Å². The van der Waals surface area contributed by atoms with Crippen molar-refractivity contribution in [2.24, 2.45) is 11.8 Å². The van der Waals surface area contributed by atoms with E-state index in [0.29, 0.717) is 12.5 Å². The fourth-order valence-corrected chi connectivity index (χ4v) is 2.78. The van der Waals surface area contributed by atoms with Crippen LogP contribution in [0.1, 0.15) is 26.2 Å². The van der Waals surface area contributed by atoms with E-state index in [9.17, 15) is 0 Å². The summed E-state index contributed by atoms with van der Waals surface area (Å²) in [6.45, 7) is 4.81. The topological polar surface area (TPSA) is 32.3 Å². The summed E-state index contributed by atoms with van der Waals surface area (Å²) in [6.07, 6.45) is 3.84. The van der Waals surface area contributed by atoms with Gasteiger partial charge in [-0.25, -0.2) is 0 Å². The lowest BCUT2D eigenvalue weighted by molar-refractivity contribution is 0.193. The molecule has 0 bridgehead atoms. The first-order valence-corrected chi connectivity index (χ1v) is 6.93. The zero-order valence-corrected chi connectivity index (χ0v) is 9.98. The molecule has 14 heavy (non-hydrogen) atoms. The number of aliphatic hydroxyl groups is 1. The molecule has 0 heterocycles. The second-order valence-electron chi connectivity index (χ2n) is 4.03. The summed E-state index contributed by atoms with van der Waals surface area (Å²) in [5.74, 6) is 3.73. The summed E-state index contributed by atoms with van der Waals surface area (Å²) in [5, 5.41) is 12.6. The van der Waals surface area contributed by atoms with Crippen LogP contribution in [0.25, 0.3) is 0 Å². The lowest BCUT2D eigenvalue weighted by Crippen LogP contribution is -2.28. The molecule has 1 aliphatic carbocycles. The van der Waals surface area contributed by atoms with E-state index < -0.39 is 0 Å². The SMILES string of the molecule is CCSCCNCC1CCCC1CO. The van der Waals surface area contributed by atoms with E-state index in [1.165, 1.54) is 30.8 Å². The Balaban J connectivity index is 2.00. The van der Waals surface area contributed by atoms with Gasteiger partial charge in [0.2, 0.25) is 0 Å². The van der Waals surface area contributed by atoms with Gasteiger partial charge in [-0.2, -0.15) is 11.8 Å². The number of aliphatic hydroxyl groups excluding tert-OH is 1. The third-order valence-corrected chi connectivity index (χ3v) is 3.99.